The maximum Gasteiger partial charge on any atom is 0.573 e. The Morgan fingerprint density at radius 2 is 2.16 bits per heavy atom. The second-order valence-electron chi connectivity index (χ2n) is 6.40. The summed E-state index contributed by atoms with van der Waals surface area (Å²) in [5.41, 5.74) is 2.87. The number of nitrogens with one attached hydrogen (secondary N) is 1. The molecule has 3 aliphatic heterocycles. The summed E-state index contributed by atoms with van der Waals surface area (Å²) in [4.78, 5) is 0. The zero-order valence-electron chi connectivity index (χ0n) is 13.4. The molecule has 0 spiro atoms. The molecule has 0 amide bonds. The first kappa shape index (κ1) is 16.8. The van der Waals surface area contributed by atoms with E-state index in [0.717, 1.165) is 29.8 Å². The van der Waals surface area contributed by atoms with E-state index >= 15 is 0 Å². The van der Waals surface area contributed by atoms with Gasteiger partial charge in [-0.25, -0.2) is 0 Å². The number of anilines is 1. The highest BCUT2D eigenvalue weighted by Gasteiger charge is 2.41. The highest BCUT2D eigenvalue weighted by atomic mass is 32.2. The molecule has 0 aliphatic carbocycles. The van der Waals surface area contributed by atoms with Gasteiger partial charge in [-0.05, 0) is 42.0 Å². The van der Waals surface area contributed by atoms with Crippen LogP contribution in [0.4, 0.5) is 18.9 Å². The van der Waals surface area contributed by atoms with Crippen LogP contribution in [0, 0.1) is 5.92 Å². The molecule has 1 fully saturated rings. The fourth-order valence-electron chi connectivity index (χ4n) is 3.82. The molecule has 4 rings (SSSR count). The first-order chi connectivity index (χ1) is 12.0. The van der Waals surface area contributed by atoms with E-state index in [0.29, 0.717) is 6.61 Å². The second kappa shape index (κ2) is 6.61. The first-order valence-electron chi connectivity index (χ1n) is 8.26. The summed E-state index contributed by atoms with van der Waals surface area (Å²) in [5, 5.41) is 5.59. The molecular weight excluding hydrogens is 351 g/mol. The Bertz CT molecular complexity index is 717. The molecule has 25 heavy (non-hydrogen) atoms. The van der Waals surface area contributed by atoms with Gasteiger partial charge < -0.3 is 14.8 Å². The molecular formula is C18H18F3NO2S. The van der Waals surface area contributed by atoms with Crippen LogP contribution in [0.1, 0.15) is 24.5 Å². The third-order valence-electron chi connectivity index (χ3n) is 4.80. The number of thioether (sulfide) groups is 1. The molecule has 0 bridgehead atoms. The van der Waals surface area contributed by atoms with E-state index in [4.69, 9.17) is 4.74 Å². The monoisotopic (exact) mass is 369 g/mol. The van der Waals surface area contributed by atoms with Crippen molar-refractivity contribution in [2.45, 2.75) is 31.3 Å². The Morgan fingerprint density at radius 3 is 2.92 bits per heavy atom. The van der Waals surface area contributed by atoms with Crippen LogP contribution >= 0.6 is 11.8 Å². The van der Waals surface area contributed by atoms with E-state index in [-0.39, 0.29) is 23.8 Å². The van der Waals surface area contributed by atoms with Crippen LogP contribution in [0.3, 0.4) is 0 Å². The molecule has 0 saturated carbocycles. The minimum Gasteiger partial charge on any atom is -0.406 e. The van der Waals surface area contributed by atoms with Gasteiger partial charge in [0.25, 0.3) is 0 Å². The van der Waals surface area contributed by atoms with Gasteiger partial charge in [-0.2, -0.15) is 0 Å². The minimum absolute atomic E-state index is 0.143. The summed E-state index contributed by atoms with van der Waals surface area (Å²) in [6.45, 7) is 0.630. The van der Waals surface area contributed by atoms with Crippen molar-refractivity contribution in [3.63, 3.8) is 0 Å². The van der Waals surface area contributed by atoms with Crippen LogP contribution < -0.4 is 10.1 Å². The predicted octanol–water partition coefficient (Wildman–Crippen LogP) is 5.03. The van der Waals surface area contributed by atoms with Gasteiger partial charge in [0, 0.05) is 29.5 Å². The standard InChI is InChI=1S/C18H18F3NO2S/c19-18(20,21)24-12-5-6-15-14(9-12)17-13(4-1-7-23-17)16(22-15)11-3-2-8-25-10-11/h2-3,5-6,8-9,13,16-17,22H,1,4,7,10H2. The van der Waals surface area contributed by atoms with Crippen LogP contribution in [-0.4, -0.2) is 24.8 Å². The normalized spacial score (nSPS) is 28.4. The van der Waals surface area contributed by atoms with Crippen LogP contribution in [-0.2, 0) is 4.74 Å². The van der Waals surface area contributed by atoms with Crippen molar-refractivity contribution >= 4 is 17.4 Å². The van der Waals surface area contributed by atoms with E-state index in [9.17, 15) is 13.2 Å². The molecule has 3 heterocycles. The average molecular weight is 369 g/mol. The van der Waals surface area contributed by atoms with E-state index in [1.165, 1.54) is 17.7 Å². The number of hydrogen-bond donors (Lipinski definition) is 1. The van der Waals surface area contributed by atoms with Crippen molar-refractivity contribution in [1.29, 1.82) is 0 Å². The minimum atomic E-state index is -4.69. The van der Waals surface area contributed by atoms with E-state index in [1.807, 2.05) is 6.08 Å². The van der Waals surface area contributed by atoms with Crippen molar-refractivity contribution in [2.24, 2.45) is 5.92 Å². The van der Waals surface area contributed by atoms with Gasteiger partial charge in [0.2, 0.25) is 0 Å². The summed E-state index contributed by atoms with van der Waals surface area (Å²) in [5.74, 6) is 0.928. The maximum atomic E-state index is 12.5. The van der Waals surface area contributed by atoms with E-state index in [2.05, 4.69) is 21.5 Å². The maximum absolute atomic E-state index is 12.5. The van der Waals surface area contributed by atoms with Crippen LogP contribution in [0.2, 0.25) is 0 Å². The Kier molecular flexibility index (Phi) is 4.45. The smallest absolute Gasteiger partial charge is 0.406 e. The molecule has 3 nitrogen and oxygen atoms in total. The van der Waals surface area contributed by atoms with Crippen LogP contribution in [0.25, 0.3) is 0 Å². The zero-order chi connectivity index (χ0) is 17.4. The third kappa shape index (κ3) is 3.53. The van der Waals surface area contributed by atoms with E-state index in [1.54, 1.807) is 17.8 Å². The second-order valence-corrected chi connectivity index (χ2v) is 7.29. The summed E-state index contributed by atoms with van der Waals surface area (Å²) in [7, 11) is 0. The lowest BCUT2D eigenvalue weighted by Crippen LogP contribution is -2.43. The van der Waals surface area contributed by atoms with Crippen LogP contribution in [0.5, 0.6) is 5.75 Å². The number of alkyl halides is 3. The molecule has 0 radical (unpaired) electrons. The molecule has 134 valence electrons. The molecule has 1 saturated heterocycles. The number of allylic oxidation sites excluding steroid dienone is 2. The van der Waals surface area contributed by atoms with E-state index < -0.39 is 6.36 Å². The van der Waals surface area contributed by atoms with Crippen molar-refractivity contribution in [3.05, 3.63) is 46.9 Å². The topological polar surface area (TPSA) is 30.5 Å². The number of hydrogen-bond acceptors (Lipinski definition) is 4. The fraction of sp³-hybridized carbons (Fsp3) is 0.444. The summed E-state index contributed by atoms with van der Waals surface area (Å²) in [6.07, 6.45) is 1.22. The van der Waals surface area contributed by atoms with Crippen molar-refractivity contribution in [3.8, 4) is 5.75 Å². The summed E-state index contributed by atoms with van der Waals surface area (Å²) < 4.78 is 47.6. The fourth-order valence-corrected chi connectivity index (χ4v) is 4.57. The average Bonchev–Trinajstić information content (AvgIpc) is 2.60. The molecule has 1 N–H and O–H groups in total. The summed E-state index contributed by atoms with van der Waals surface area (Å²) in [6, 6.07) is 4.61. The van der Waals surface area contributed by atoms with Gasteiger partial charge in [0.1, 0.15) is 5.75 Å². The SMILES string of the molecule is FC(F)(F)Oc1ccc2c(c1)C1OCCCC1C(C1=CC=CSC1)N2. The highest BCUT2D eigenvalue weighted by Crippen LogP contribution is 2.47. The van der Waals surface area contributed by atoms with Gasteiger partial charge in [0.15, 0.2) is 0 Å². The molecule has 1 aromatic rings. The highest BCUT2D eigenvalue weighted by molar-refractivity contribution is 8.02. The number of fused-ring (bicyclic) bond motifs is 3. The lowest BCUT2D eigenvalue weighted by atomic mass is 9.77. The van der Waals surface area contributed by atoms with Gasteiger partial charge >= 0.3 is 6.36 Å². The first-order valence-corrected chi connectivity index (χ1v) is 9.31. The third-order valence-corrected chi connectivity index (χ3v) is 5.65. The molecule has 1 aromatic carbocycles. The lowest BCUT2D eigenvalue weighted by molar-refractivity contribution is -0.274. The van der Waals surface area contributed by atoms with Gasteiger partial charge in [-0.3, -0.25) is 0 Å². The summed E-state index contributed by atoms with van der Waals surface area (Å²) >= 11 is 1.75. The molecule has 0 aromatic heterocycles. The quantitative estimate of drug-likeness (QED) is 0.792. The number of halogens is 3. The molecule has 3 atom stereocenters. The Balaban J connectivity index is 1.68. The Morgan fingerprint density at radius 1 is 1.28 bits per heavy atom. The molecule has 3 aliphatic rings. The Hall–Kier alpha value is -1.60. The van der Waals surface area contributed by atoms with Gasteiger partial charge in [-0.15, -0.1) is 24.9 Å². The van der Waals surface area contributed by atoms with Crippen LogP contribution in [0.15, 0.2) is 41.3 Å². The largest absolute Gasteiger partial charge is 0.573 e. The van der Waals surface area contributed by atoms with Crippen molar-refractivity contribution in [1.82, 2.24) is 0 Å². The van der Waals surface area contributed by atoms with Crippen molar-refractivity contribution in [2.75, 3.05) is 17.7 Å². The van der Waals surface area contributed by atoms with Gasteiger partial charge in [0.05, 0.1) is 12.1 Å². The Labute approximate surface area is 148 Å². The number of rotatable bonds is 2. The molecule has 3 unspecified atom stereocenters. The lowest BCUT2D eigenvalue weighted by Gasteiger charge is -2.44. The predicted molar refractivity (Wildman–Crippen MR) is 91.6 cm³/mol. The van der Waals surface area contributed by atoms with Gasteiger partial charge in [-0.1, -0.05) is 12.2 Å². The van der Waals surface area contributed by atoms with Crippen molar-refractivity contribution < 1.29 is 22.6 Å². The number of benzene rings is 1. The molecule has 7 heteroatoms. The number of ether oxygens (including phenoxy) is 2. The zero-order valence-corrected chi connectivity index (χ0v) is 14.2.